The molecule has 0 fully saturated rings. The number of nitrogens with one attached hydrogen (secondary N) is 1. The predicted octanol–water partition coefficient (Wildman–Crippen LogP) is 2.91. The minimum absolute atomic E-state index is 0.197. The molecule has 138 valence electrons. The van der Waals surface area contributed by atoms with E-state index in [1.54, 1.807) is 12.5 Å². The van der Waals surface area contributed by atoms with Gasteiger partial charge in [0.1, 0.15) is 0 Å². The van der Waals surface area contributed by atoms with E-state index in [1.165, 1.54) is 11.8 Å². The maximum Gasteiger partial charge on any atom is 0.250 e. The number of hydrazone groups is 1. The number of carbonyl (C=O) groups excluding carboxylic acids is 1. The lowest BCUT2D eigenvalue weighted by molar-refractivity contribution is -0.118. The molecule has 0 aliphatic heterocycles. The number of hydrogen-bond acceptors (Lipinski definition) is 6. The van der Waals surface area contributed by atoms with Crippen LogP contribution in [-0.4, -0.2) is 36.9 Å². The Kier molecular flexibility index (Phi) is 5.97. The van der Waals surface area contributed by atoms with E-state index in [1.807, 2.05) is 61.9 Å². The van der Waals surface area contributed by atoms with E-state index in [0.29, 0.717) is 5.16 Å². The molecule has 1 aromatic carbocycles. The molecule has 3 aromatic rings. The van der Waals surface area contributed by atoms with Crippen molar-refractivity contribution in [2.75, 3.05) is 5.75 Å². The van der Waals surface area contributed by atoms with Crippen molar-refractivity contribution in [2.45, 2.75) is 25.9 Å². The van der Waals surface area contributed by atoms with E-state index < -0.39 is 0 Å². The van der Waals surface area contributed by atoms with Crippen molar-refractivity contribution < 1.29 is 4.79 Å². The molecule has 0 aliphatic carbocycles. The second kappa shape index (κ2) is 8.59. The Morgan fingerprint density at radius 1 is 1.19 bits per heavy atom. The van der Waals surface area contributed by atoms with Crippen LogP contribution in [-0.2, 0) is 4.79 Å². The van der Waals surface area contributed by atoms with Crippen molar-refractivity contribution >= 4 is 23.4 Å². The Hall–Kier alpha value is -3.00. The largest absolute Gasteiger partial charge is 0.306 e. The highest BCUT2D eigenvalue weighted by Gasteiger charge is 2.06. The summed E-state index contributed by atoms with van der Waals surface area (Å²) < 4.78 is 1.92. The minimum Gasteiger partial charge on any atom is -0.306 e. The van der Waals surface area contributed by atoms with Crippen molar-refractivity contribution in [2.24, 2.45) is 5.10 Å². The summed E-state index contributed by atoms with van der Waals surface area (Å²) in [5.41, 5.74) is 7.03. The summed E-state index contributed by atoms with van der Waals surface area (Å²) in [6.45, 7) is 5.67. The molecule has 2 aromatic heterocycles. The van der Waals surface area contributed by atoms with Gasteiger partial charge >= 0.3 is 0 Å². The van der Waals surface area contributed by atoms with E-state index in [-0.39, 0.29) is 11.7 Å². The number of aryl methyl sites for hydroxylation is 2. The average Bonchev–Trinajstić information content (AvgIpc) is 3.18. The number of thioether (sulfide) groups is 1. The summed E-state index contributed by atoms with van der Waals surface area (Å²) in [6, 6.07) is 9.77. The quantitative estimate of drug-likeness (QED) is 0.308. The van der Waals surface area contributed by atoms with Crippen LogP contribution in [0.4, 0.5) is 0 Å². The number of nitrogens with zero attached hydrogens (tertiary/aromatic N) is 5. The molecule has 0 atom stereocenters. The lowest BCUT2D eigenvalue weighted by atomic mass is 10.1. The van der Waals surface area contributed by atoms with E-state index in [4.69, 9.17) is 0 Å². The van der Waals surface area contributed by atoms with Crippen LogP contribution in [0.15, 0.2) is 59.3 Å². The maximum atomic E-state index is 12.0. The molecule has 3 rings (SSSR count). The zero-order valence-electron chi connectivity index (χ0n) is 15.4. The molecule has 0 radical (unpaired) electrons. The summed E-state index contributed by atoms with van der Waals surface area (Å²) in [4.78, 5) is 24.7. The van der Waals surface area contributed by atoms with Crippen molar-refractivity contribution in [1.29, 1.82) is 0 Å². The molecule has 0 saturated heterocycles. The number of amides is 1. The van der Waals surface area contributed by atoms with Gasteiger partial charge in [-0.05, 0) is 44.5 Å². The fourth-order valence-corrected chi connectivity index (χ4v) is 3.16. The molecule has 8 heteroatoms. The molecule has 1 N–H and O–H groups in total. The summed E-state index contributed by atoms with van der Waals surface area (Å²) in [6.07, 6.45) is 5.36. The Morgan fingerprint density at radius 3 is 2.52 bits per heavy atom. The van der Waals surface area contributed by atoms with Gasteiger partial charge in [0.2, 0.25) is 0 Å². The van der Waals surface area contributed by atoms with Gasteiger partial charge in [-0.3, -0.25) is 4.79 Å². The van der Waals surface area contributed by atoms with E-state index in [0.717, 1.165) is 28.4 Å². The zero-order valence-corrected chi connectivity index (χ0v) is 16.2. The smallest absolute Gasteiger partial charge is 0.250 e. The topological polar surface area (TPSA) is 85.1 Å². The highest BCUT2D eigenvalue weighted by molar-refractivity contribution is 7.99. The number of hydrogen-bond donors (Lipinski definition) is 1. The SMILES string of the molecule is C/C(=N\NC(=O)CSc1nc(C)cc(C)n1)c1ccc(-n2ccnc2)cc1. The fraction of sp³-hybridized carbons (Fsp3) is 0.211. The lowest BCUT2D eigenvalue weighted by Crippen LogP contribution is -2.21. The molecule has 1 amide bonds. The van der Waals surface area contributed by atoms with Crippen molar-refractivity contribution in [3.63, 3.8) is 0 Å². The van der Waals surface area contributed by atoms with Crippen molar-refractivity contribution in [3.8, 4) is 5.69 Å². The minimum atomic E-state index is -0.197. The molecule has 0 unspecified atom stereocenters. The molecule has 2 heterocycles. The Bertz CT molecular complexity index is 931. The van der Waals surface area contributed by atoms with Crippen LogP contribution < -0.4 is 5.43 Å². The summed E-state index contributed by atoms with van der Waals surface area (Å²) >= 11 is 1.29. The van der Waals surface area contributed by atoms with Crippen LogP contribution in [0.3, 0.4) is 0 Å². The van der Waals surface area contributed by atoms with Crippen LogP contribution in [0.1, 0.15) is 23.9 Å². The standard InChI is InChI=1S/C19H20N6OS/c1-13-10-14(2)22-19(21-13)27-11-18(26)24-23-15(3)16-4-6-17(7-5-16)25-9-8-20-12-25/h4-10,12H,11H2,1-3H3,(H,24,26)/b23-15+. The summed E-state index contributed by atoms with van der Waals surface area (Å²) in [7, 11) is 0. The lowest BCUT2D eigenvalue weighted by Gasteiger charge is -2.06. The van der Waals surface area contributed by atoms with Gasteiger partial charge in [0.05, 0.1) is 17.8 Å². The van der Waals surface area contributed by atoms with Gasteiger partial charge in [0, 0.05) is 29.5 Å². The van der Waals surface area contributed by atoms with Crippen LogP contribution in [0.25, 0.3) is 5.69 Å². The highest BCUT2D eigenvalue weighted by atomic mass is 32.2. The maximum absolute atomic E-state index is 12.0. The molecule has 0 aliphatic rings. The van der Waals surface area contributed by atoms with Gasteiger partial charge in [0.15, 0.2) is 5.16 Å². The monoisotopic (exact) mass is 380 g/mol. The van der Waals surface area contributed by atoms with Crippen LogP contribution in [0.5, 0.6) is 0 Å². The average molecular weight is 380 g/mol. The van der Waals surface area contributed by atoms with Gasteiger partial charge in [-0.2, -0.15) is 5.10 Å². The van der Waals surface area contributed by atoms with Gasteiger partial charge in [-0.15, -0.1) is 0 Å². The number of aromatic nitrogens is 4. The van der Waals surface area contributed by atoms with E-state index in [2.05, 4.69) is 25.5 Å². The molecular weight excluding hydrogens is 360 g/mol. The van der Waals surface area contributed by atoms with Gasteiger partial charge < -0.3 is 4.57 Å². The van der Waals surface area contributed by atoms with Gasteiger partial charge in [-0.1, -0.05) is 23.9 Å². The Morgan fingerprint density at radius 2 is 1.89 bits per heavy atom. The number of benzene rings is 1. The molecule has 0 bridgehead atoms. The Balaban J connectivity index is 1.55. The first kappa shape index (κ1) is 18.8. The first-order valence-corrected chi connectivity index (χ1v) is 9.37. The second-order valence-electron chi connectivity index (χ2n) is 5.97. The fourth-order valence-electron chi connectivity index (χ4n) is 2.42. The predicted molar refractivity (Wildman–Crippen MR) is 106 cm³/mol. The second-order valence-corrected chi connectivity index (χ2v) is 6.91. The molecule has 27 heavy (non-hydrogen) atoms. The summed E-state index contributed by atoms with van der Waals surface area (Å²) in [5.74, 6) is 0.0105. The highest BCUT2D eigenvalue weighted by Crippen LogP contribution is 2.14. The first-order chi connectivity index (χ1) is 13.0. The molecule has 7 nitrogen and oxygen atoms in total. The van der Waals surface area contributed by atoms with Crippen LogP contribution in [0.2, 0.25) is 0 Å². The third-order valence-electron chi connectivity index (χ3n) is 3.73. The molecular formula is C19H20N6OS. The zero-order chi connectivity index (χ0) is 19.2. The van der Waals surface area contributed by atoms with Crippen LogP contribution >= 0.6 is 11.8 Å². The van der Waals surface area contributed by atoms with Gasteiger partial charge in [0.25, 0.3) is 5.91 Å². The number of carbonyl (C=O) groups is 1. The van der Waals surface area contributed by atoms with E-state index in [9.17, 15) is 4.79 Å². The number of imidazole rings is 1. The Labute approximate surface area is 162 Å². The van der Waals surface area contributed by atoms with Gasteiger partial charge in [-0.25, -0.2) is 20.4 Å². The molecule has 0 saturated carbocycles. The summed E-state index contributed by atoms with van der Waals surface area (Å²) in [5, 5.41) is 4.77. The third kappa shape index (κ3) is 5.24. The third-order valence-corrected chi connectivity index (χ3v) is 4.58. The van der Waals surface area contributed by atoms with Crippen LogP contribution in [0, 0.1) is 13.8 Å². The normalized spacial score (nSPS) is 11.4. The van der Waals surface area contributed by atoms with Crippen molar-refractivity contribution in [1.82, 2.24) is 24.9 Å². The first-order valence-electron chi connectivity index (χ1n) is 8.38. The molecule has 0 spiro atoms. The number of rotatable bonds is 6. The van der Waals surface area contributed by atoms with E-state index >= 15 is 0 Å². The van der Waals surface area contributed by atoms with Crippen molar-refractivity contribution in [3.05, 3.63) is 66.0 Å².